The number of aromatic hydroxyl groups is 1. The maximum atomic E-state index is 11.7. The Morgan fingerprint density at radius 1 is 1.29 bits per heavy atom. The fraction of sp³-hybridized carbons (Fsp3) is 0.440. The summed E-state index contributed by atoms with van der Waals surface area (Å²) in [7, 11) is 0. The minimum absolute atomic E-state index is 0.00993. The molecule has 166 valence electrons. The molecule has 31 heavy (non-hydrogen) atoms. The van der Waals surface area contributed by atoms with E-state index in [1.807, 2.05) is 19.1 Å². The fourth-order valence-corrected chi connectivity index (χ4v) is 4.97. The largest absolute Gasteiger partial charge is 0.507 e. The topological polar surface area (TPSA) is 83.8 Å². The molecule has 2 N–H and O–H groups in total. The molecule has 5 nitrogen and oxygen atoms in total. The number of ether oxygens (including phenoxy) is 1. The van der Waals surface area contributed by atoms with Gasteiger partial charge >= 0.3 is 0 Å². The van der Waals surface area contributed by atoms with Crippen LogP contribution in [0.5, 0.6) is 11.5 Å². The number of hydrogen-bond acceptors (Lipinski definition) is 6. The van der Waals surface area contributed by atoms with E-state index in [0.717, 1.165) is 47.3 Å². The van der Waals surface area contributed by atoms with Crippen molar-refractivity contribution in [3.8, 4) is 11.5 Å². The van der Waals surface area contributed by atoms with E-state index in [4.69, 9.17) is 4.74 Å². The van der Waals surface area contributed by atoms with E-state index in [0.29, 0.717) is 36.3 Å². The van der Waals surface area contributed by atoms with Crippen molar-refractivity contribution in [2.75, 3.05) is 12.4 Å². The van der Waals surface area contributed by atoms with Crippen LogP contribution in [0, 0.1) is 5.92 Å². The highest BCUT2D eigenvalue weighted by Gasteiger charge is 2.30. The van der Waals surface area contributed by atoms with Crippen LogP contribution in [0.1, 0.15) is 66.3 Å². The van der Waals surface area contributed by atoms with Crippen molar-refractivity contribution in [3.05, 3.63) is 52.6 Å². The number of rotatable bonds is 11. The molecular formula is C25H30O5S. The average Bonchev–Trinajstić information content (AvgIpc) is 3.05. The van der Waals surface area contributed by atoms with E-state index in [1.54, 1.807) is 23.9 Å². The molecule has 2 unspecified atom stereocenters. The number of phenols is 1. The Balaban J connectivity index is 1.52. The standard InChI is InChI=1S/C25H30O5S/c1-3-5-22-23(9-8-20(16(2)27)25(22)29)30-12-4-13-31-19-6-7-21-18(15-19)14-17(10-11-26)24(21)28/h6-9,11,15,17,24,28-29H,3-5,10,12-14H2,1-2H3. The Hall–Kier alpha value is -2.31. The number of thioether (sulfide) groups is 1. The number of ketones is 1. The zero-order valence-electron chi connectivity index (χ0n) is 18.1. The highest BCUT2D eigenvalue weighted by Crippen LogP contribution is 2.39. The number of aliphatic hydroxyl groups excluding tert-OH is 1. The summed E-state index contributed by atoms with van der Waals surface area (Å²) in [5, 5.41) is 20.8. The first-order chi connectivity index (χ1) is 15.0. The number of aldehydes is 1. The Kier molecular flexibility index (Phi) is 8.15. The number of carbonyl (C=O) groups excluding carboxylic acids is 2. The van der Waals surface area contributed by atoms with Gasteiger partial charge in [0.1, 0.15) is 17.8 Å². The van der Waals surface area contributed by atoms with Gasteiger partial charge in [0.25, 0.3) is 0 Å². The quantitative estimate of drug-likeness (QED) is 0.223. The van der Waals surface area contributed by atoms with Crippen molar-refractivity contribution < 1.29 is 24.5 Å². The number of benzene rings is 2. The van der Waals surface area contributed by atoms with Crippen molar-refractivity contribution >= 4 is 23.8 Å². The molecular weight excluding hydrogens is 412 g/mol. The van der Waals surface area contributed by atoms with Crippen LogP contribution in [0.15, 0.2) is 35.2 Å². The van der Waals surface area contributed by atoms with Crippen LogP contribution < -0.4 is 4.74 Å². The van der Waals surface area contributed by atoms with Crippen LogP contribution >= 0.6 is 11.8 Å². The van der Waals surface area contributed by atoms with E-state index < -0.39 is 6.10 Å². The van der Waals surface area contributed by atoms with Crippen LogP contribution in [0.25, 0.3) is 0 Å². The first kappa shape index (κ1) is 23.4. The Labute approximate surface area is 187 Å². The monoisotopic (exact) mass is 442 g/mol. The summed E-state index contributed by atoms with van der Waals surface area (Å²) in [6.45, 7) is 4.00. The molecule has 0 saturated heterocycles. The van der Waals surface area contributed by atoms with Gasteiger partial charge in [0, 0.05) is 22.6 Å². The second kappa shape index (κ2) is 10.8. The molecule has 0 aliphatic heterocycles. The van der Waals surface area contributed by atoms with Gasteiger partial charge in [-0.05, 0) is 67.5 Å². The average molecular weight is 443 g/mol. The number of phenolic OH excluding ortho intramolecular Hbond substituents is 1. The summed E-state index contributed by atoms with van der Waals surface area (Å²) in [5.41, 5.74) is 3.11. The maximum Gasteiger partial charge on any atom is 0.163 e. The summed E-state index contributed by atoms with van der Waals surface area (Å²) in [4.78, 5) is 23.6. The molecule has 3 rings (SSSR count). The van der Waals surface area contributed by atoms with E-state index in [-0.39, 0.29) is 17.5 Å². The lowest BCUT2D eigenvalue weighted by molar-refractivity contribution is -0.109. The number of aliphatic hydroxyl groups is 1. The van der Waals surface area contributed by atoms with Crippen molar-refractivity contribution in [1.82, 2.24) is 0 Å². The van der Waals surface area contributed by atoms with Gasteiger partial charge in [0.05, 0.1) is 18.3 Å². The molecule has 6 heteroatoms. The Morgan fingerprint density at radius 2 is 2.10 bits per heavy atom. The first-order valence-electron chi connectivity index (χ1n) is 10.8. The molecule has 0 bridgehead atoms. The third-order valence-corrected chi connectivity index (χ3v) is 6.77. The predicted molar refractivity (Wildman–Crippen MR) is 122 cm³/mol. The highest BCUT2D eigenvalue weighted by molar-refractivity contribution is 7.99. The molecule has 1 aliphatic rings. The normalized spacial score (nSPS) is 17.4. The second-order valence-electron chi connectivity index (χ2n) is 7.97. The third-order valence-electron chi connectivity index (χ3n) is 5.69. The van der Waals surface area contributed by atoms with Gasteiger partial charge in [-0.15, -0.1) is 11.8 Å². The summed E-state index contributed by atoms with van der Waals surface area (Å²) in [6, 6.07) is 9.51. The lowest BCUT2D eigenvalue weighted by Gasteiger charge is -2.14. The molecule has 1 aliphatic carbocycles. The van der Waals surface area contributed by atoms with Crippen LogP contribution in [-0.2, 0) is 17.6 Å². The van der Waals surface area contributed by atoms with Crippen molar-refractivity contribution in [2.45, 2.75) is 57.0 Å². The molecule has 0 aromatic heterocycles. The molecule has 0 spiro atoms. The van der Waals surface area contributed by atoms with Gasteiger partial charge in [0.15, 0.2) is 5.78 Å². The lowest BCUT2D eigenvalue weighted by atomic mass is 10.0. The van der Waals surface area contributed by atoms with E-state index in [1.165, 1.54) is 6.92 Å². The molecule has 0 radical (unpaired) electrons. The van der Waals surface area contributed by atoms with E-state index in [9.17, 15) is 19.8 Å². The highest BCUT2D eigenvalue weighted by atomic mass is 32.2. The third kappa shape index (κ3) is 5.49. The van der Waals surface area contributed by atoms with Crippen LogP contribution in [0.3, 0.4) is 0 Å². The van der Waals surface area contributed by atoms with E-state index in [2.05, 4.69) is 6.07 Å². The minimum Gasteiger partial charge on any atom is -0.507 e. The Morgan fingerprint density at radius 3 is 2.81 bits per heavy atom. The molecule has 0 amide bonds. The van der Waals surface area contributed by atoms with E-state index >= 15 is 0 Å². The predicted octanol–water partition coefficient (Wildman–Crippen LogP) is 4.90. The maximum absolute atomic E-state index is 11.7. The number of fused-ring (bicyclic) bond motifs is 1. The second-order valence-corrected chi connectivity index (χ2v) is 9.14. The van der Waals surface area contributed by atoms with Crippen LogP contribution in [0.2, 0.25) is 0 Å². The number of Topliss-reactive ketones (excluding diaryl/α,β-unsaturated/α-hetero) is 1. The molecule has 0 fully saturated rings. The molecule has 0 heterocycles. The first-order valence-corrected chi connectivity index (χ1v) is 11.8. The SMILES string of the molecule is CCCc1c(OCCCSc2ccc3c(c2)CC(CC=O)C3O)ccc(C(C)=O)c1O. The zero-order valence-corrected chi connectivity index (χ0v) is 18.9. The van der Waals surface area contributed by atoms with Crippen LogP contribution in [-0.4, -0.2) is 34.6 Å². The number of carbonyl (C=O) groups is 2. The smallest absolute Gasteiger partial charge is 0.163 e. The van der Waals surface area contributed by atoms with Gasteiger partial charge < -0.3 is 19.7 Å². The summed E-state index contributed by atoms with van der Waals surface area (Å²) >= 11 is 1.74. The van der Waals surface area contributed by atoms with Crippen molar-refractivity contribution in [1.29, 1.82) is 0 Å². The Bertz CT molecular complexity index is 940. The van der Waals surface area contributed by atoms with Crippen molar-refractivity contribution in [3.63, 3.8) is 0 Å². The van der Waals surface area contributed by atoms with Gasteiger partial charge in [-0.2, -0.15) is 0 Å². The molecule has 2 aromatic carbocycles. The van der Waals surface area contributed by atoms with Gasteiger partial charge in [-0.1, -0.05) is 19.4 Å². The lowest BCUT2D eigenvalue weighted by Crippen LogP contribution is -2.07. The van der Waals surface area contributed by atoms with Gasteiger partial charge in [0.2, 0.25) is 0 Å². The van der Waals surface area contributed by atoms with Crippen molar-refractivity contribution in [2.24, 2.45) is 5.92 Å². The zero-order chi connectivity index (χ0) is 22.4. The molecule has 0 saturated carbocycles. The summed E-state index contributed by atoms with van der Waals surface area (Å²) in [6.07, 6.45) is 3.81. The summed E-state index contributed by atoms with van der Waals surface area (Å²) in [5.74, 6) is 1.39. The molecule has 2 aromatic rings. The van der Waals surface area contributed by atoms with Gasteiger partial charge in [-0.25, -0.2) is 0 Å². The fourth-order valence-electron chi connectivity index (χ4n) is 4.08. The molecule has 2 atom stereocenters. The minimum atomic E-state index is -0.546. The number of hydrogen-bond donors (Lipinski definition) is 2. The summed E-state index contributed by atoms with van der Waals surface area (Å²) < 4.78 is 5.92. The van der Waals surface area contributed by atoms with Gasteiger partial charge in [-0.3, -0.25) is 4.79 Å². The van der Waals surface area contributed by atoms with Crippen LogP contribution in [0.4, 0.5) is 0 Å².